The van der Waals surface area contributed by atoms with Crippen LogP contribution in [0.3, 0.4) is 0 Å². The molecule has 0 aromatic carbocycles. The smallest absolute Gasteiger partial charge is 0.326 e. The minimum Gasteiger partial charge on any atom is -0.326 e. The molecule has 1 heterocycles. The summed E-state index contributed by atoms with van der Waals surface area (Å²) in [5.74, 6) is 0. The number of nitrogens with one attached hydrogen (secondary N) is 1. The molecule has 0 aliphatic rings. The van der Waals surface area contributed by atoms with Gasteiger partial charge in [0.05, 0.1) is 10.0 Å². The molecule has 0 bridgehead atoms. The second-order valence-electron chi connectivity index (χ2n) is 1.59. The molecule has 0 unspecified atom stereocenters. The van der Waals surface area contributed by atoms with Gasteiger partial charge in [0.2, 0.25) is 0 Å². The van der Waals surface area contributed by atoms with Gasteiger partial charge in [-0.25, -0.2) is 0 Å². The van der Waals surface area contributed by atoms with Crippen molar-refractivity contribution >= 4 is 34.8 Å². The number of H-pyrrole nitrogens is 1. The van der Waals surface area contributed by atoms with Crippen molar-refractivity contribution < 1.29 is 29.6 Å². The molecule has 1 aromatic heterocycles. The number of halogens is 3. The van der Waals surface area contributed by atoms with Crippen molar-refractivity contribution in [3.8, 4) is 0 Å². The first-order valence-corrected chi connectivity index (χ1v) is 3.48. The number of pyridine rings is 1. The Morgan fingerprint density at radius 2 is 1.73 bits per heavy atom. The third-order valence-corrected chi connectivity index (χ3v) is 2.18. The fourth-order valence-corrected chi connectivity index (χ4v) is 0.954. The van der Waals surface area contributed by atoms with Crippen LogP contribution in [-0.4, -0.2) is 4.98 Å². The van der Waals surface area contributed by atoms with Crippen LogP contribution in [0.25, 0.3) is 0 Å². The van der Waals surface area contributed by atoms with Crippen LogP contribution in [0.2, 0.25) is 15.1 Å². The van der Waals surface area contributed by atoms with Crippen LogP contribution in [0, 0.1) is 0 Å². The molecule has 0 spiro atoms. The summed E-state index contributed by atoms with van der Waals surface area (Å²) in [5.41, 5.74) is -0.434. The Morgan fingerprint density at radius 1 is 1.18 bits per heavy atom. The average Bonchev–Trinajstić information content (AvgIpc) is 1.93. The summed E-state index contributed by atoms with van der Waals surface area (Å²) in [4.78, 5) is 13.0. The molecule has 0 radical (unpaired) electrons. The van der Waals surface area contributed by atoms with Gasteiger partial charge >= 0.3 is 29.6 Å². The summed E-state index contributed by atoms with van der Waals surface area (Å²) in [6, 6.07) is 0. The van der Waals surface area contributed by atoms with Gasteiger partial charge in [-0.2, -0.15) is 0 Å². The number of aromatic amines is 1. The summed E-state index contributed by atoms with van der Waals surface area (Å²) in [6.07, 6.45) is 1.29. The molecule has 6 heteroatoms. The van der Waals surface area contributed by atoms with E-state index in [1.165, 1.54) is 6.20 Å². The van der Waals surface area contributed by atoms with Crippen LogP contribution in [0.15, 0.2) is 11.0 Å². The Hall–Kier alpha value is 0.820. The van der Waals surface area contributed by atoms with Crippen LogP contribution in [-0.2, 0) is 0 Å². The Kier molecular flexibility index (Phi) is 5.10. The van der Waals surface area contributed by atoms with Crippen molar-refractivity contribution in [3.63, 3.8) is 0 Å². The third-order valence-electron chi connectivity index (χ3n) is 0.932. The number of hydrogen-bond donors (Lipinski definition) is 1. The predicted octanol–water partition coefficient (Wildman–Crippen LogP) is -0.661. The van der Waals surface area contributed by atoms with E-state index in [2.05, 4.69) is 4.98 Å². The minimum atomic E-state index is -0.434. The monoisotopic (exact) mass is 220 g/mol. The van der Waals surface area contributed by atoms with Crippen LogP contribution in [0.1, 0.15) is 0 Å². The molecule has 0 saturated heterocycles. The molecule has 0 fully saturated rings. The zero-order chi connectivity index (χ0) is 7.72. The molecule has 54 valence electrons. The fraction of sp³-hybridized carbons (Fsp3) is 0. The number of hydrogen-bond acceptors (Lipinski definition) is 1. The molecular formula is C5H2Cl3NNaO+. The standard InChI is InChI=1S/C5H2Cl3NO.Na/c6-2-1-9-5(10)4(8)3(2)7;/h1H,(H,9,10);/q;+1. The summed E-state index contributed by atoms with van der Waals surface area (Å²) in [7, 11) is 0. The third kappa shape index (κ3) is 2.65. The summed E-state index contributed by atoms with van der Waals surface area (Å²) in [6.45, 7) is 0. The van der Waals surface area contributed by atoms with Crippen molar-refractivity contribution in [3.05, 3.63) is 31.6 Å². The molecule has 1 N–H and O–H groups in total. The summed E-state index contributed by atoms with van der Waals surface area (Å²) < 4.78 is 0. The van der Waals surface area contributed by atoms with Gasteiger partial charge in [0.25, 0.3) is 5.56 Å². The quantitative estimate of drug-likeness (QED) is 0.580. The van der Waals surface area contributed by atoms with E-state index in [0.29, 0.717) is 0 Å². The largest absolute Gasteiger partial charge is 1.00 e. The second-order valence-corrected chi connectivity index (χ2v) is 2.76. The molecule has 0 aliphatic carbocycles. The minimum absolute atomic E-state index is 0. The zero-order valence-electron chi connectivity index (χ0n) is 5.62. The van der Waals surface area contributed by atoms with Gasteiger partial charge in [-0.05, 0) is 0 Å². The van der Waals surface area contributed by atoms with E-state index in [4.69, 9.17) is 34.8 Å². The van der Waals surface area contributed by atoms with E-state index in [1.54, 1.807) is 0 Å². The molecule has 2 nitrogen and oxygen atoms in total. The van der Waals surface area contributed by atoms with Crippen molar-refractivity contribution in [1.82, 2.24) is 4.98 Å². The van der Waals surface area contributed by atoms with E-state index in [9.17, 15) is 4.79 Å². The molecule has 11 heavy (non-hydrogen) atoms. The van der Waals surface area contributed by atoms with E-state index >= 15 is 0 Å². The maximum atomic E-state index is 10.7. The van der Waals surface area contributed by atoms with Gasteiger partial charge in [-0.3, -0.25) is 4.79 Å². The maximum Gasteiger partial charge on any atom is 1.00 e. The Bertz CT molecular complexity index is 311. The van der Waals surface area contributed by atoms with Gasteiger partial charge in [-0.15, -0.1) is 0 Å². The first kappa shape index (κ1) is 11.8. The molecule has 1 aromatic rings. The fourth-order valence-electron chi connectivity index (χ4n) is 0.460. The average molecular weight is 221 g/mol. The molecule has 0 amide bonds. The van der Waals surface area contributed by atoms with E-state index in [1.807, 2.05) is 0 Å². The van der Waals surface area contributed by atoms with Crippen LogP contribution >= 0.6 is 34.8 Å². The van der Waals surface area contributed by atoms with Crippen molar-refractivity contribution in [1.29, 1.82) is 0 Å². The second kappa shape index (κ2) is 4.75. The van der Waals surface area contributed by atoms with Gasteiger partial charge in [0.15, 0.2) is 0 Å². The van der Waals surface area contributed by atoms with Crippen LogP contribution in [0.4, 0.5) is 0 Å². The van der Waals surface area contributed by atoms with Crippen molar-refractivity contribution in [2.45, 2.75) is 0 Å². The first-order valence-electron chi connectivity index (χ1n) is 2.35. The number of aromatic nitrogens is 1. The maximum absolute atomic E-state index is 10.7. The topological polar surface area (TPSA) is 32.9 Å². The van der Waals surface area contributed by atoms with E-state index < -0.39 is 5.56 Å². The number of rotatable bonds is 0. The van der Waals surface area contributed by atoms with E-state index in [-0.39, 0.29) is 44.6 Å². The molecular weight excluding hydrogens is 219 g/mol. The Balaban J connectivity index is 0.000001000. The van der Waals surface area contributed by atoms with Crippen LogP contribution < -0.4 is 35.1 Å². The van der Waals surface area contributed by atoms with Gasteiger partial charge in [-0.1, -0.05) is 34.8 Å². The van der Waals surface area contributed by atoms with E-state index in [0.717, 1.165) is 0 Å². The molecule has 0 saturated carbocycles. The zero-order valence-corrected chi connectivity index (χ0v) is 9.89. The van der Waals surface area contributed by atoms with Crippen LogP contribution in [0.5, 0.6) is 0 Å². The van der Waals surface area contributed by atoms with Gasteiger partial charge in [0, 0.05) is 6.20 Å². The first-order chi connectivity index (χ1) is 4.63. The molecule has 1 rings (SSSR count). The Labute approximate surface area is 100 Å². The molecule has 0 atom stereocenters. The SMILES string of the molecule is O=c1[nH]cc(Cl)c(Cl)c1Cl.[Na+]. The summed E-state index contributed by atoms with van der Waals surface area (Å²) in [5, 5.41) is 0.257. The molecule has 0 aliphatic heterocycles. The van der Waals surface area contributed by atoms with Crippen molar-refractivity contribution in [2.24, 2.45) is 0 Å². The summed E-state index contributed by atoms with van der Waals surface area (Å²) >= 11 is 16.4. The normalized spacial score (nSPS) is 9.00. The van der Waals surface area contributed by atoms with Crippen molar-refractivity contribution in [2.75, 3.05) is 0 Å². The van der Waals surface area contributed by atoms with Gasteiger partial charge < -0.3 is 4.98 Å². The predicted molar refractivity (Wildman–Crippen MR) is 42.1 cm³/mol. The van der Waals surface area contributed by atoms with Gasteiger partial charge in [0.1, 0.15) is 5.02 Å². The Morgan fingerprint density at radius 3 is 2.18 bits per heavy atom.